The average Bonchev–Trinajstić information content (AvgIpc) is 3.07. The van der Waals surface area contributed by atoms with E-state index >= 15 is 0 Å². The minimum atomic E-state index is -0.0699. The fraction of sp³-hybridized carbons (Fsp3) is 0.840. The second kappa shape index (κ2) is 8.07. The average molecular weight is 403 g/mol. The van der Waals surface area contributed by atoms with Gasteiger partial charge in [0.2, 0.25) is 0 Å². The topological polar surface area (TPSA) is 52.6 Å². The summed E-state index contributed by atoms with van der Waals surface area (Å²) in [4.78, 5) is 24.0. The molecule has 0 radical (unpaired) electrons. The van der Waals surface area contributed by atoms with E-state index in [1.54, 1.807) is 5.57 Å². The molecule has 0 saturated heterocycles. The SMILES string of the molecule is CCC(=O)OC[C@]12CCCC=C1CC[C@@H]1[C@@H]2CC[C@]2(C)[C@@H](OC(=O)CC)CC[C@@H]12. The molecule has 0 heterocycles. The number of rotatable bonds is 5. The van der Waals surface area contributed by atoms with Gasteiger partial charge < -0.3 is 9.47 Å². The zero-order chi connectivity index (χ0) is 20.6. The van der Waals surface area contributed by atoms with Crippen molar-refractivity contribution >= 4 is 11.9 Å². The predicted molar refractivity (Wildman–Crippen MR) is 112 cm³/mol. The normalized spacial score (nSPS) is 40.9. The second-order valence-corrected chi connectivity index (χ2v) is 10.2. The molecular weight excluding hydrogens is 364 g/mol. The number of hydrogen-bond acceptors (Lipinski definition) is 4. The summed E-state index contributed by atoms with van der Waals surface area (Å²) in [6.45, 7) is 6.71. The lowest BCUT2D eigenvalue weighted by molar-refractivity contribution is -0.162. The first kappa shape index (κ1) is 20.9. The Bertz CT molecular complexity index is 682. The highest BCUT2D eigenvalue weighted by atomic mass is 16.5. The molecule has 4 aliphatic rings. The van der Waals surface area contributed by atoms with Crippen LogP contribution in [0.1, 0.15) is 91.4 Å². The van der Waals surface area contributed by atoms with Crippen molar-refractivity contribution < 1.29 is 19.1 Å². The van der Waals surface area contributed by atoms with Crippen LogP contribution in [0.3, 0.4) is 0 Å². The van der Waals surface area contributed by atoms with Gasteiger partial charge in [-0.2, -0.15) is 0 Å². The Hall–Kier alpha value is -1.32. The van der Waals surface area contributed by atoms with E-state index in [0.717, 1.165) is 25.7 Å². The summed E-state index contributed by atoms with van der Waals surface area (Å²) >= 11 is 0. The van der Waals surface area contributed by atoms with Gasteiger partial charge in [0.25, 0.3) is 0 Å². The van der Waals surface area contributed by atoms with Crippen LogP contribution >= 0.6 is 0 Å². The third-order valence-corrected chi connectivity index (χ3v) is 9.01. The summed E-state index contributed by atoms with van der Waals surface area (Å²) in [6.07, 6.45) is 13.9. The lowest BCUT2D eigenvalue weighted by atomic mass is 9.47. The molecule has 0 aromatic rings. The molecule has 3 fully saturated rings. The third-order valence-electron chi connectivity index (χ3n) is 9.01. The van der Waals surface area contributed by atoms with Gasteiger partial charge in [-0.05, 0) is 75.5 Å². The summed E-state index contributed by atoms with van der Waals surface area (Å²) in [6, 6.07) is 0. The van der Waals surface area contributed by atoms with Gasteiger partial charge in [0, 0.05) is 23.7 Å². The highest BCUT2D eigenvalue weighted by Gasteiger charge is 2.61. The first-order valence-electron chi connectivity index (χ1n) is 12.0. The Morgan fingerprint density at radius 3 is 2.59 bits per heavy atom. The molecule has 4 nitrogen and oxygen atoms in total. The highest BCUT2D eigenvalue weighted by Crippen LogP contribution is 2.66. The molecule has 4 rings (SSSR count). The van der Waals surface area contributed by atoms with Crippen molar-refractivity contribution in [3.05, 3.63) is 11.6 Å². The molecule has 0 amide bonds. The molecule has 0 aromatic heterocycles. The standard InChI is InChI=1S/C25H38O4/c1-4-22(26)28-16-25-14-7-6-8-17(25)9-10-18-19-11-12-21(29-23(27)5-2)24(19,3)15-13-20(18)25/h8,18-21H,4-7,9-16H2,1-3H3/t18-,19-,20-,21-,24-,25+/m0/s1. The molecule has 4 heteroatoms. The number of fused-ring (bicyclic) bond motifs is 5. The Morgan fingerprint density at radius 1 is 1.03 bits per heavy atom. The van der Waals surface area contributed by atoms with Gasteiger partial charge in [-0.25, -0.2) is 0 Å². The maximum absolute atomic E-state index is 12.0. The van der Waals surface area contributed by atoms with Crippen molar-refractivity contribution in [3.8, 4) is 0 Å². The highest BCUT2D eigenvalue weighted by molar-refractivity contribution is 5.69. The lowest BCUT2D eigenvalue weighted by Crippen LogP contribution is -2.53. The van der Waals surface area contributed by atoms with Gasteiger partial charge in [-0.15, -0.1) is 0 Å². The first-order chi connectivity index (χ1) is 13.9. The molecule has 0 spiro atoms. The smallest absolute Gasteiger partial charge is 0.305 e. The Morgan fingerprint density at radius 2 is 1.83 bits per heavy atom. The van der Waals surface area contributed by atoms with Gasteiger partial charge in [0.15, 0.2) is 0 Å². The third kappa shape index (κ3) is 3.45. The van der Waals surface area contributed by atoms with Crippen molar-refractivity contribution in [1.82, 2.24) is 0 Å². The van der Waals surface area contributed by atoms with E-state index in [0.29, 0.717) is 37.2 Å². The molecule has 4 aliphatic carbocycles. The fourth-order valence-corrected chi connectivity index (χ4v) is 7.50. The van der Waals surface area contributed by atoms with Crippen LogP contribution in [-0.2, 0) is 19.1 Å². The van der Waals surface area contributed by atoms with E-state index in [1.807, 2.05) is 13.8 Å². The molecule has 0 unspecified atom stereocenters. The molecular formula is C25H38O4. The number of ether oxygens (including phenoxy) is 2. The number of carbonyl (C=O) groups excluding carboxylic acids is 2. The van der Waals surface area contributed by atoms with Crippen molar-refractivity contribution in [2.45, 2.75) is 97.5 Å². The quantitative estimate of drug-likeness (QED) is 0.444. The summed E-state index contributed by atoms with van der Waals surface area (Å²) in [5.41, 5.74) is 1.75. The fourth-order valence-electron chi connectivity index (χ4n) is 7.50. The van der Waals surface area contributed by atoms with Crippen LogP contribution in [0.2, 0.25) is 0 Å². The van der Waals surface area contributed by atoms with E-state index in [-0.39, 0.29) is 28.9 Å². The Kier molecular flexibility index (Phi) is 5.83. The zero-order valence-electron chi connectivity index (χ0n) is 18.5. The predicted octanol–water partition coefficient (Wildman–Crippen LogP) is 5.59. The minimum absolute atomic E-state index is 0.0527. The molecule has 6 atom stereocenters. The Balaban J connectivity index is 1.59. The maximum Gasteiger partial charge on any atom is 0.305 e. The van der Waals surface area contributed by atoms with Gasteiger partial charge in [-0.1, -0.05) is 32.4 Å². The van der Waals surface area contributed by atoms with Crippen molar-refractivity contribution in [3.63, 3.8) is 0 Å². The summed E-state index contributed by atoms with van der Waals surface area (Å²) in [5.74, 6) is 1.77. The summed E-state index contributed by atoms with van der Waals surface area (Å²) < 4.78 is 11.7. The molecule has 0 bridgehead atoms. The summed E-state index contributed by atoms with van der Waals surface area (Å²) in [7, 11) is 0. The molecule has 162 valence electrons. The number of carbonyl (C=O) groups is 2. The van der Waals surface area contributed by atoms with Gasteiger partial charge in [0.05, 0.1) is 0 Å². The van der Waals surface area contributed by atoms with Crippen molar-refractivity contribution in [1.29, 1.82) is 0 Å². The summed E-state index contributed by atoms with van der Waals surface area (Å²) in [5, 5.41) is 0. The monoisotopic (exact) mass is 402 g/mol. The van der Waals surface area contributed by atoms with E-state index in [9.17, 15) is 9.59 Å². The van der Waals surface area contributed by atoms with Crippen LogP contribution < -0.4 is 0 Å². The lowest BCUT2D eigenvalue weighted by Gasteiger charge is -2.58. The van der Waals surface area contributed by atoms with Gasteiger partial charge in [-0.3, -0.25) is 9.59 Å². The van der Waals surface area contributed by atoms with E-state index < -0.39 is 0 Å². The molecule has 0 aliphatic heterocycles. The van der Waals surface area contributed by atoms with Crippen molar-refractivity contribution in [2.24, 2.45) is 28.6 Å². The van der Waals surface area contributed by atoms with Gasteiger partial charge >= 0.3 is 11.9 Å². The second-order valence-electron chi connectivity index (χ2n) is 10.2. The number of hydrogen-bond donors (Lipinski definition) is 0. The van der Waals surface area contributed by atoms with Crippen LogP contribution in [0.4, 0.5) is 0 Å². The van der Waals surface area contributed by atoms with Crippen LogP contribution in [-0.4, -0.2) is 24.6 Å². The molecule has 3 saturated carbocycles. The number of esters is 2. The molecule has 29 heavy (non-hydrogen) atoms. The van der Waals surface area contributed by atoms with Gasteiger partial charge in [0.1, 0.15) is 12.7 Å². The van der Waals surface area contributed by atoms with E-state index in [2.05, 4.69) is 13.0 Å². The Labute approximate surface area is 175 Å². The van der Waals surface area contributed by atoms with E-state index in [1.165, 1.54) is 32.1 Å². The maximum atomic E-state index is 12.0. The first-order valence-corrected chi connectivity index (χ1v) is 12.0. The minimum Gasteiger partial charge on any atom is -0.465 e. The largest absolute Gasteiger partial charge is 0.465 e. The number of allylic oxidation sites excluding steroid dienone is 1. The van der Waals surface area contributed by atoms with Crippen LogP contribution in [0.15, 0.2) is 11.6 Å². The van der Waals surface area contributed by atoms with E-state index in [4.69, 9.17) is 9.47 Å². The molecule has 0 aromatic carbocycles. The molecule has 0 N–H and O–H groups in total. The van der Waals surface area contributed by atoms with Crippen LogP contribution in [0, 0.1) is 28.6 Å². The van der Waals surface area contributed by atoms with Crippen molar-refractivity contribution in [2.75, 3.05) is 6.61 Å². The van der Waals surface area contributed by atoms with Crippen LogP contribution in [0.25, 0.3) is 0 Å². The van der Waals surface area contributed by atoms with Crippen LogP contribution in [0.5, 0.6) is 0 Å². The zero-order valence-corrected chi connectivity index (χ0v) is 18.5.